The molecule has 1 aliphatic heterocycles. The number of carbonyl (C=O) groups excluding carboxylic acids is 2. The molecule has 1 fully saturated rings. The van der Waals surface area contributed by atoms with Gasteiger partial charge in [-0.3, -0.25) is 24.5 Å². The highest BCUT2D eigenvalue weighted by Gasteiger charge is 2.38. The number of aromatic nitrogens is 3. The lowest BCUT2D eigenvalue weighted by Crippen LogP contribution is -2.60. The summed E-state index contributed by atoms with van der Waals surface area (Å²) in [4.78, 5) is 39.6. The molecule has 0 aliphatic carbocycles. The van der Waals surface area contributed by atoms with Crippen LogP contribution in [0.3, 0.4) is 0 Å². The molecule has 4 aromatic rings. The van der Waals surface area contributed by atoms with Gasteiger partial charge in [-0.1, -0.05) is 11.6 Å². The maximum Gasteiger partial charge on any atom is 0.244 e. The molecule has 0 radical (unpaired) electrons. The van der Waals surface area contributed by atoms with E-state index in [2.05, 4.69) is 25.6 Å². The van der Waals surface area contributed by atoms with Crippen molar-refractivity contribution in [3.63, 3.8) is 0 Å². The zero-order valence-corrected chi connectivity index (χ0v) is 20.8. The standard InChI is InChI=1S/C26H27ClN6O3/c1-26(2)15-33(13-23(34)30-11-16-3-6-28-7-4-16)22(14-36-26)25(35)32-20-10-17(27)9-19-18-5-8-29-12-21(18)31-24(19)20/h3-10,12,22,31H,11,13-15H2,1-2H3,(H,30,34)(H,32,35)/t22-/m0/s1. The first-order valence-electron chi connectivity index (χ1n) is 11.7. The molecule has 1 aromatic carbocycles. The Labute approximate surface area is 213 Å². The smallest absolute Gasteiger partial charge is 0.244 e. The fourth-order valence-electron chi connectivity index (χ4n) is 4.54. The molecule has 10 heteroatoms. The summed E-state index contributed by atoms with van der Waals surface area (Å²) < 4.78 is 5.95. The maximum absolute atomic E-state index is 13.5. The fourth-order valence-corrected chi connectivity index (χ4v) is 4.75. The Bertz CT molecular complexity index is 1420. The van der Waals surface area contributed by atoms with Crippen molar-refractivity contribution in [3.05, 3.63) is 65.7 Å². The number of benzene rings is 1. The molecule has 5 rings (SSSR count). The van der Waals surface area contributed by atoms with Crippen molar-refractivity contribution in [1.82, 2.24) is 25.2 Å². The highest BCUT2D eigenvalue weighted by Crippen LogP contribution is 2.33. The molecule has 0 spiro atoms. The van der Waals surface area contributed by atoms with E-state index in [-0.39, 0.29) is 25.0 Å². The largest absolute Gasteiger partial charge is 0.372 e. The van der Waals surface area contributed by atoms with Gasteiger partial charge in [-0.15, -0.1) is 0 Å². The molecular weight excluding hydrogens is 480 g/mol. The third kappa shape index (κ3) is 5.18. The molecule has 9 nitrogen and oxygen atoms in total. The van der Waals surface area contributed by atoms with E-state index >= 15 is 0 Å². The summed E-state index contributed by atoms with van der Waals surface area (Å²) in [5, 5.41) is 8.29. The summed E-state index contributed by atoms with van der Waals surface area (Å²) in [5.41, 5.74) is 2.63. The van der Waals surface area contributed by atoms with Gasteiger partial charge < -0.3 is 20.4 Å². The van der Waals surface area contributed by atoms with E-state index in [9.17, 15) is 9.59 Å². The number of amides is 2. The predicted octanol–water partition coefficient (Wildman–Crippen LogP) is 3.50. The number of nitrogens with one attached hydrogen (secondary N) is 3. The molecule has 3 aromatic heterocycles. The fraction of sp³-hybridized carbons (Fsp3) is 0.308. The number of nitrogens with zero attached hydrogens (tertiary/aromatic N) is 3. The van der Waals surface area contributed by atoms with Crippen molar-refractivity contribution in [2.75, 3.05) is 25.0 Å². The minimum atomic E-state index is -0.648. The van der Waals surface area contributed by atoms with Crippen LogP contribution in [0.15, 0.2) is 55.1 Å². The number of anilines is 1. The lowest BCUT2D eigenvalue weighted by molar-refractivity contribution is -0.146. The van der Waals surface area contributed by atoms with Crippen LogP contribution in [0.1, 0.15) is 19.4 Å². The first-order valence-corrected chi connectivity index (χ1v) is 12.1. The molecule has 186 valence electrons. The molecule has 0 saturated carbocycles. The number of carbonyl (C=O) groups is 2. The second-order valence-electron chi connectivity index (χ2n) is 9.54. The van der Waals surface area contributed by atoms with Gasteiger partial charge in [0.1, 0.15) is 6.04 Å². The number of fused-ring (bicyclic) bond motifs is 3. The van der Waals surface area contributed by atoms with Crippen molar-refractivity contribution in [1.29, 1.82) is 0 Å². The Balaban J connectivity index is 1.35. The van der Waals surface area contributed by atoms with E-state index in [0.717, 1.165) is 27.4 Å². The molecule has 1 saturated heterocycles. The van der Waals surface area contributed by atoms with E-state index in [1.807, 2.05) is 43.0 Å². The molecule has 1 atom stereocenters. The van der Waals surface area contributed by atoms with Crippen molar-refractivity contribution >= 4 is 50.9 Å². The highest BCUT2D eigenvalue weighted by atomic mass is 35.5. The van der Waals surface area contributed by atoms with E-state index in [0.29, 0.717) is 23.8 Å². The number of hydrogen-bond donors (Lipinski definition) is 3. The Kier molecular flexibility index (Phi) is 6.61. The second-order valence-corrected chi connectivity index (χ2v) is 9.97. The molecule has 0 bridgehead atoms. The normalized spacial score (nSPS) is 17.8. The summed E-state index contributed by atoms with van der Waals surface area (Å²) in [7, 11) is 0. The van der Waals surface area contributed by atoms with Crippen LogP contribution in [0.2, 0.25) is 5.02 Å². The van der Waals surface area contributed by atoms with Crippen LogP contribution in [0.5, 0.6) is 0 Å². The average molecular weight is 507 g/mol. The third-order valence-electron chi connectivity index (χ3n) is 6.28. The minimum Gasteiger partial charge on any atom is -0.372 e. The number of rotatable bonds is 6. The SMILES string of the molecule is CC1(C)CN(CC(=O)NCc2ccncc2)[C@H](C(=O)Nc2cc(Cl)cc3c2[nH]c2cnccc23)CO1. The van der Waals surface area contributed by atoms with Crippen LogP contribution in [0.4, 0.5) is 5.69 Å². The van der Waals surface area contributed by atoms with Gasteiger partial charge in [-0.2, -0.15) is 0 Å². The summed E-state index contributed by atoms with van der Waals surface area (Å²) in [6, 6.07) is 8.52. The second kappa shape index (κ2) is 9.85. The Hall–Kier alpha value is -3.53. The van der Waals surface area contributed by atoms with Gasteiger partial charge in [-0.05, 0) is 49.7 Å². The minimum absolute atomic E-state index is 0.0684. The molecule has 0 unspecified atom stereocenters. The van der Waals surface area contributed by atoms with Crippen molar-refractivity contribution in [3.8, 4) is 0 Å². The summed E-state index contributed by atoms with van der Waals surface area (Å²) in [5.74, 6) is -0.441. The van der Waals surface area contributed by atoms with Gasteiger partial charge in [0.05, 0.1) is 41.7 Å². The lowest BCUT2D eigenvalue weighted by Gasteiger charge is -2.42. The van der Waals surface area contributed by atoms with Crippen molar-refractivity contribution in [2.24, 2.45) is 0 Å². The van der Waals surface area contributed by atoms with E-state index in [4.69, 9.17) is 16.3 Å². The average Bonchev–Trinajstić information content (AvgIpc) is 3.22. The number of hydrogen-bond acceptors (Lipinski definition) is 6. The Morgan fingerprint density at radius 3 is 2.75 bits per heavy atom. The van der Waals surface area contributed by atoms with Crippen LogP contribution >= 0.6 is 11.6 Å². The molecule has 3 N–H and O–H groups in total. The number of ether oxygens (including phenoxy) is 1. The van der Waals surface area contributed by atoms with Gasteiger partial charge in [0.25, 0.3) is 0 Å². The summed E-state index contributed by atoms with van der Waals surface area (Å²) in [6.45, 7) is 4.94. The van der Waals surface area contributed by atoms with Crippen molar-refractivity contribution < 1.29 is 14.3 Å². The molecule has 4 heterocycles. The number of aromatic amines is 1. The molecule has 1 aliphatic rings. The highest BCUT2D eigenvalue weighted by molar-refractivity contribution is 6.33. The van der Waals surface area contributed by atoms with Gasteiger partial charge in [0.2, 0.25) is 11.8 Å². The zero-order valence-electron chi connectivity index (χ0n) is 20.0. The lowest BCUT2D eigenvalue weighted by atomic mass is 10.0. The van der Waals surface area contributed by atoms with Crippen LogP contribution in [0, 0.1) is 0 Å². The number of halogens is 1. The quantitative estimate of drug-likeness (QED) is 0.369. The Morgan fingerprint density at radius 1 is 1.17 bits per heavy atom. The predicted molar refractivity (Wildman–Crippen MR) is 139 cm³/mol. The number of pyridine rings is 2. The Morgan fingerprint density at radius 2 is 1.94 bits per heavy atom. The first kappa shape index (κ1) is 24.2. The van der Waals surface area contributed by atoms with E-state index in [1.165, 1.54) is 0 Å². The van der Waals surface area contributed by atoms with Gasteiger partial charge in [0, 0.05) is 47.5 Å². The van der Waals surface area contributed by atoms with Crippen molar-refractivity contribution in [2.45, 2.75) is 32.0 Å². The maximum atomic E-state index is 13.5. The zero-order chi connectivity index (χ0) is 25.3. The van der Waals surface area contributed by atoms with Gasteiger partial charge in [-0.25, -0.2) is 0 Å². The monoisotopic (exact) mass is 506 g/mol. The topological polar surface area (TPSA) is 112 Å². The third-order valence-corrected chi connectivity index (χ3v) is 6.50. The number of H-pyrrole nitrogens is 1. The van der Waals surface area contributed by atoms with Crippen LogP contribution < -0.4 is 10.6 Å². The van der Waals surface area contributed by atoms with Gasteiger partial charge >= 0.3 is 0 Å². The first-order chi connectivity index (χ1) is 17.3. The van der Waals surface area contributed by atoms with Gasteiger partial charge in [0.15, 0.2) is 0 Å². The summed E-state index contributed by atoms with van der Waals surface area (Å²) >= 11 is 6.40. The molecule has 2 amide bonds. The van der Waals surface area contributed by atoms with E-state index < -0.39 is 11.6 Å². The van der Waals surface area contributed by atoms with Crippen LogP contribution in [0.25, 0.3) is 21.8 Å². The molecule has 36 heavy (non-hydrogen) atoms. The van der Waals surface area contributed by atoms with Crippen LogP contribution in [-0.4, -0.2) is 63.0 Å². The number of morpholine rings is 1. The molecular formula is C26H27ClN6O3. The summed E-state index contributed by atoms with van der Waals surface area (Å²) in [6.07, 6.45) is 6.82. The van der Waals surface area contributed by atoms with Crippen LogP contribution in [-0.2, 0) is 20.9 Å². The van der Waals surface area contributed by atoms with E-state index in [1.54, 1.807) is 30.9 Å².